The second-order valence-corrected chi connectivity index (χ2v) is 9.48. The van der Waals surface area contributed by atoms with E-state index < -0.39 is 16.1 Å². The van der Waals surface area contributed by atoms with Crippen molar-refractivity contribution in [1.82, 2.24) is 5.32 Å². The molecule has 0 radical (unpaired) electrons. The van der Waals surface area contributed by atoms with Gasteiger partial charge in [0.05, 0.1) is 11.4 Å². The van der Waals surface area contributed by atoms with Gasteiger partial charge in [0.1, 0.15) is 11.4 Å². The normalized spacial score (nSPS) is 16.4. The van der Waals surface area contributed by atoms with Crippen LogP contribution in [0, 0.1) is 0 Å². The van der Waals surface area contributed by atoms with E-state index in [1.807, 2.05) is 39.8 Å². The maximum atomic E-state index is 13.3. The Kier molecular flexibility index (Phi) is 6.17. The van der Waals surface area contributed by atoms with E-state index in [2.05, 4.69) is 5.32 Å². The molecule has 2 aromatic carbocycles. The first-order chi connectivity index (χ1) is 14.2. The minimum Gasteiger partial charge on any atom is -0.352 e. The molecule has 0 bridgehead atoms. The first kappa shape index (κ1) is 21.8. The molecule has 8 heteroatoms. The summed E-state index contributed by atoms with van der Waals surface area (Å²) in [5, 5.41) is 2.82. The van der Waals surface area contributed by atoms with Gasteiger partial charge in [0, 0.05) is 6.04 Å². The summed E-state index contributed by atoms with van der Waals surface area (Å²) in [6.07, 6.45) is 0.749. The quantitative estimate of drug-likeness (QED) is 0.755. The lowest BCUT2D eigenvalue weighted by Crippen LogP contribution is -2.54. The number of anilines is 2. The van der Waals surface area contributed by atoms with E-state index in [0.717, 1.165) is 16.3 Å². The lowest BCUT2D eigenvalue weighted by Gasteiger charge is -2.36. The van der Waals surface area contributed by atoms with Crippen molar-refractivity contribution in [2.75, 3.05) is 15.7 Å². The molecule has 1 heterocycles. The Morgan fingerprint density at radius 1 is 1.03 bits per heavy atom. The van der Waals surface area contributed by atoms with Crippen molar-refractivity contribution >= 4 is 33.3 Å². The van der Waals surface area contributed by atoms with Crippen molar-refractivity contribution < 1.29 is 18.0 Å². The van der Waals surface area contributed by atoms with Crippen LogP contribution in [-0.2, 0) is 14.8 Å². The van der Waals surface area contributed by atoms with Gasteiger partial charge in [-0.2, -0.15) is 4.31 Å². The molecule has 0 fully saturated rings. The fraction of sp³-hybridized carbons (Fsp3) is 0.364. The minimum atomic E-state index is -4.10. The van der Waals surface area contributed by atoms with Crippen LogP contribution in [0.15, 0.2) is 53.4 Å². The van der Waals surface area contributed by atoms with Crippen LogP contribution in [0.25, 0.3) is 0 Å². The lowest BCUT2D eigenvalue weighted by atomic mass is 10.0. The molecule has 1 N–H and O–H groups in total. The van der Waals surface area contributed by atoms with E-state index in [1.54, 1.807) is 30.3 Å². The topological polar surface area (TPSA) is 86.8 Å². The summed E-state index contributed by atoms with van der Waals surface area (Å²) in [6.45, 7) is 7.62. The van der Waals surface area contributed by atoms with Crippen LogP contribution < -0.4 is 14.5 Å². The number of carbonyl (C=O) groups excluding carboxylic acids is 2. The van der Waals surface area contributed by atoms with Gasteiger partial charge < -0.3 is 5.32 Å². The van der Waals surface area contributed by atoms with E-state index in [1.165, 1.54) is 11.0 Å². The van der Waals surface area contributed by atoms with Gasteiger partial charge in [-0.15, -0.1) is 0 Å². The van der Waals surface area contributed by atoms with Gasteiger partial charge in [-0.05, 0) is 49.1 Å². The smallest absolute Gasteiger partial charge is 0.343 e. The Morgan fingerprint density at radius 2 is 1.67 bits per heavy atom. The van der Waals surface area contributed by atoms with Crippen molar-refractivity contribution in [3.63, 3.8) is 0 Å². The first-order valence-corrected chi connectivity index (χ1v) is 11.5. The maximum absolute atomic E-state index is 13.3. The Balaban J connectivity index is 2.04. The van der Waals surface area contributed by atoms with E-state index in [9.17, 15) is 18.0 Å². The van der Waals surface area contributed by atoms with Crippen LogP contribution in [0.2, 0.25) is 0 Å². The van der Waals surface area contributed by atoms with Gasteiger partial charge in [0.25, 0.3) is 10.0 Å². The SMILES string of the molecule is CC[C@@H](C)NC(=O)CN1C(=O)N(c2ccc(C(C)C)cc2)S(=O)(=O)c2ccccc21. The number of sulfonamides is 1. The van der Waals surface area contributed by atoms with Crippen molar-refractivity contribution in [3.8, 4) is 0 Å². The summed E-state index contributed by atoms with van der Waals surface area (Å²) in [7, 11) is -4.10. The van der Waals surface area contributed by atoms with Crippen molar-refractivity contribution in [1.29, 1.82) is 0 Å². The summed E-state index contributed by atoms with van der Waals surface area (Å²) >= 11 is 0. The Bertz CT molecular complexity index is 1050. The molecule has 3 rings (SSSR count). The summed E-state index contributed by atoms with van der Waals surface area (Å²) in [5.74, 6) is -0.0731. The highest BCUT2D eigenvalue weighted by atomic mass is 32.2. The molecule has 0 aliphatic carbocycles. The largest absolute Gasteiger partial charge is 0.352 e. The molecule has 0 saturated carbocycles. The molecule has 1 atom stereocenters. The Hall–Kier alpha value is -2.87. The third-order valence-electron chi connectivity index (χ3n) is 5.19. The third-order valence-corrected chi connectivity index (χ3v) is 6.94. The van der Waals surface area contributed by atoms with Crippen molar-refractivity contribution in [3.05, 3.63) is 54.1 Å². The molecular formula is C22H27N3O4S. The molecule has 160 valence electrons. The van der Waals surface area contributed by atoms with Gasteiger partial charge in [-0.25, -0.2) is 13.2 Å². The monoisotopic (exact) mass is 429 g/mol. The molecule has 30 heavy (non-hydrogen) atoms. The molecule has 2 aromatic rings. The number of amides is 3. The highest BCUT2D eigenvalue weighted by molar-refractivity contribution is 7.94. The van der Waals surface area contributed by atoms with Crippen LogP contribution in [0.4, 0.5) is 16.2 Å². The van der Waals surface area contributed by atoms with Crippen molar-refractivity contribution in [2.24, 2.45) is 0 Å². The van der Waals surface area contributed by atoms with Gasteiger partial charge in [0.15, 0.2) is 0 Å². The van der Waals surface area contributed by atoms with E-state index in [0.29, 0.717) is 0 Å². The number of urea groups is 1. The summed E-state index contributed by atoms with van der Waals surface area (Å²) in [5.41, 5.74) is 1.48. The summed E-state index contributed by atoms with van der Waals surface area (Å²) in [6, 6.07) is 12.3. The standard InChI is InChI=1S/C22H27N3O4S/c1-5-16(4)23-21(26)14-24-19-8-6-7-9-20(19)30(28,29)25(22(24)27)18-12-10-17(11-13-18)15(2)3/h6-13,15-16H,5,14H2,1-4H3,(H,23,26)/t16-/m1/s1. The predicted molar refractivity (Wildman–Crippen MR) is 117 cm³/mol. The number of rotatable bonds is 6. The number of nitrogens with zero attached hydrogens (tertiary/aromatic N) is 2. The molecule has 0 saturated heterocycles. The van der Waals surface area contributed by atoms with E-state index in [-0.39, 0.29) is 40.7 Å². The number of benzene rings is 2. The second-order valence-electron chi connectivity index (χ2n) is 7.73. The number of fused-ring (bicyclic) bond motifs is 1. The highest BCUT2D eigenvalue weighted by Gasteiger charge is 2.43. The number of para-hydroxylation sites is 1. The zero-order chi connectivity index (χ0) is 22.1. The van der Waals surface area contributed by atoms with E-state index in [4.69, 9.17) is 0 Å². The number of hydrogen-bond acceptors (Lipinski definition) is 4. The second kappa shape index (κ2) is 8.47. The van der Waals surface area contributed by atoms with Gasteiger partial charge >= 0.3 is 6.03 Å². The van der Waals surface area contributed by atoms with Gasteiger partial charge in [-0.3, -0.25) is 9.69 Å². The average Bonchev–Trinajstić information content (AvgIpc) is 2.71. The van der Waals surface area contributed by atoms with Crippen LogP contribution in [-0.4, -0.2) is 32.9 Å². The van der Waals surface area contributed by atoms with E-state index >= 15 is 0 Å². The average molecular weight is 430 g/mol. The molecule has 1 aliphatic rings. The van der Waals surface area contributed by atoms with Crippen LogP contribution in [0.3, 0.4) is 0 Å². The van der Waals surface area contributed by atoms with Crippen LogP contribution >= 0.6 is 0 Å². The van der Waals surface area contributed by atoms with Gasteiger partial charge in [-0.1, -0.05) is 45.0 Å². The maximum Gasteiger partial charge on any atom is 0.343 e. The first-order valence-electron chi connectivity index (χ1n) is 10.0. The fourth-order valence-corrected chi connectivity index (χ4v) is 4.87. The number of carbonyl (C=O) groups is 2. The third kappa shape index (κ3) is 4.05. The fourth-order valence-electron chi connectivity index (χ4n) is 3.27. The summed E-state index contributed by atoms with van der Waals surface area (Å²) in [4.78, 5) is 27.0. The van der Waals surface area contributed by atoms with Crippen LogP contribution in [0.5, 0.6) is 0 Å². The predicted octanol–water partition coefficient (Wildman–Crippen LogP) is 3.86. The molecule has 0 unspecified atom stereocenters. The zero-order valence-electron chi connectivity index (χ0n) is 17.6. The molecule has 0 spiro atoms. The zero-order valence-corrected chi connectivity index (χ0v) is 18.4. The molecule has 7 nitrogen and oxygen atoms in total. The molecular weight excluding hydrogens is 402 g/mol. The molecule has 0 aromatic heterocycles. The molecule has 3 amide bonds. The summed E-state index contributed by atoms with van der Waals surface area (Å²) < 4.78 is 27.3. The lowest BCUT2D eigenvalue weighted by molar-refractivity contribution is -0.120. The van der Waals surface area contributed by atoms with Crippen LogP contribution in [0.1, 0.15) is 45.6 Å². The van der Waals surface area contributed by atoms with Gasteiger partial charge in [0.2, 0.25) is 5.91 Å². The van der Waals surface area contributed by atoms with Crippen molar-refractivity contribution in [2.45, 2.75) is 51.0 Å². The minimum absolute atomic E-state index is 0.00567. The Labute approximate surface area is 177 Å². The number of nitrogens with one attached hydrogen (secondary N) is 1. The molecule has 1 aliphatic heterocycles. The highest BCUT2D eigenvalue weighted by Crippen LogP contribution is 2.37. The Morgan fingerprint density at radius 3 is 2.27 bits per heavy atom. The number of hydrogen-bond donors (Lipinski definition) is 1.